The largest absolute Gasteiger partial charge is 0.334 e. The fraction of sp³-hybridized carbons (Fsp3) is 0.286. The molecular formula is C84H83BN4. The second-order valence-electron chi connectivity index (χ2n) is 30.1. The van der Waals surface area contributed by atoms with Crippen LogP contribution >= 0.6 is 0 Å². The van der Waals surface area contributed by atoms with Crippen molar-refractivity contribution in [2.45, 2.75) is 153 Å². The first-order chi connectivity index (χ1) is 42.8. The van der Waals surface area contributed by atoms with Crippen LogP contribution in [0.25, 0.3) is 22.3 Å². The zero-order valence-electron chi connectivity index (χ0n) is 53.9. The molecule has 10 aromatic rings. The van der Waals surface area contributed by atoms with Gasteiger partial charge in [0.25, 0.3) is 6.71 Å². The smallest absolute Gasteiger partial charge is 0.252 e. The first-order valence-corrected chi connectivity index (χ1v) is 33.2. The molecule has 0 saturated heterocycles. The van der Waals surface area contributed by atoms with Gasteiger partial charge in [0.2, 0.25) is 0 Å². The van der Waals surface area contributed by atoms with Crippen molar-refractivity contribution in [3.63, 3.8) is 0 Å². The Balaban J connectivity index is 1.02. The molecule has 6 aliphatic rings. The Bertz CT molecular complexity index is 4410. The van der Waals surface area contributed by atoms with Gasteiger partial charge in [0.05, 0.1) is 5.54 Å². The van der Waals surface area contributed by atoms with Crippen molar-refractivity contribution < 1.29 is 0 Å². The summed E-state index contributed by atoms with van der Waals surface area (Å²) in [6.45, 7) is 25.1. The third-order valence-electron chi connectivity index (χ3n) is 23.1. The topological polar surface area (TPSA) is 13.0 Å². The van der Waals surface area contributed by atoms with Gasteiger partial charge in [0.15, 0.2) is 0 Å². The maximum atomic E-state index is 2.85. The third kappa shape index (κ3) is 8.53. The van der Waals surface area contributed by atoms with Crippen molar-refractivity contribution >= 4 is 85.7 Å². The van der Waals surface area contributed by atoms with E-state index >= 15 is 0 Å². The van der Waals surface area contributed by atoms with E-state index in [9.17, 15) is 0 Å². The minimum Gasteiger partial charge on any atom is -0.334 e. The van der Waals surface area contributed by atoms with Crippen molar-refractivity contribution in [1.82, 2.24) is 0 Å². The molecule has 0 amide bonds. The normalized spacial score (nSPS) is 20.9. The summed E-state index contributed by atoms with van der Waals surface area (Å²) in [6.07, 6.45) is 9.18. The van der Waals surface area contributed by atoms with Crippen molar-refractivity contribution in [1.29, 1.82) is 0 Å². The number of nitrogens with zero attached hydrogens (tertiary/aromatic N) is 4. The molecule has 4 nitrogen and oxygen atoms in total. The summed E-state index contributed by atoms with van der Waals surface area (Å²) in [7, 11) is 0. The van der Waals surface area contributed by atoms with E-state index in [0.717, 1.165) is 49.2 Å². The lowest BCUT2D eigenvalue weighted by atomic mass is 9.33. The molecule has 10 aromatic carbocycles. The summed E-state index contributed by atoms with van der Waals surface area (Å²) in [4.78, 5) is 10.8. The van der Waals surface area contributed by atoms with Gasteiger partial charge in [-0.15, -0.1) is 0 Å². The molecule has 1 saturated carbocycles. The van der Waals surface area contributed by atoms with Crippen LogP contribution in [0.15, 0.2) is 224 Å². The highest BCUT2D eigenvalue weighted by Gasteiger charge is 2.59. The minimum absolute atomic E-state index is 0.00199. The highest BCUT2D eigenvalue weighted by Crippen LogP contribution is 2.63. The maximum Gasteiger partial charge on any atom is 0.252 e. The van der Waals surface area contributed by atoms with Crippen molar-refractivity contribution in [2.24, 2.45) is 0 Å². The number of para-hydroxylation sites is 2. The Labute approximate surface area is 530 Å². The molecule has 1 fully saturated rings. The van der Waals surface area contributed by atoms with Gasteiger partial charge in [-0.2, -0.15) is 0 Å². The predicted molar refractivity (Wildman–Crippen MR) is 379 cm³/mol. The predicted octanol–water partition coefficient (Wildman–Crippen LogP) is 21.0. The number of hydrogen-bond donors (Lipinski definition) is 0. The molecule has 442 valence electrons. The monoisotopic (exact) mass is 1160 g/mol. The van der Waals surface area contributed by atoms with E-state index in [0.29, 0.717) is 0 Å². The first kappa shape index (κ1) is 55.8. The van der Waals surface area contributed by atoms with Crippen LogP contribution in [0.3, 0.4) is 0 Å². The molecule has 3 aliphatic carbocycles. The molecule has 89 heavy (non-hydrogen) atoms. The van der Waals surface area contributed by atoms with Gasteiger partial charge in [-0.3, -0.25) is 0 Å². The lowest BCUT2D eigenvalue weighted by Crippen LogP contribution is -2.62. The Hall–Kier alpha value is -8.54. The molecule has 3 heterocycles. The van der Waals surface area contributed by atoms with Gasteiger partial charge in [-0.05, 0) is 225 Å². The van der Waals surface area contributed by atoms with E-state index in [-0.39, 0.29) is 39.3 Å². The number of benzene rings is 10. The second-order valence-corrected chi connectivity index (χ2v) is 30.1. The summed E-state index contributed by atoms with van der Waals surface area (Å²) in [5, 5.41) is 0. The quantitative estimate of drug-likeness (QED) is 0.141. The lowest BCUT2D eigenvalue weighted by Gasteiger charge is -2.51. The van der Waals surface area contributed by atoms with Crippen LogP contribution in [-0.2, 0) is 27.1 Å². The first-order valence-electron chi connectivity index (χ1n) is 33.2. The zero-order chi connectivity index (χ0) is 61.0. The fourth-order valence-electron chi connectivity index (χ4n) is 17.6. The third-order valence-corrected chi connectivity index (χ3v) is 23.1. The van der Waals surface area contributed by atoms with Gasteiger partial charge in [0, 0.05) is 68.0 Å². The Morgan fingerprint density at radius 1 is 0.315 bits per heavy atom. The van der Waals surface area contributed by atoms with Crippen LogP contribution < -0.4 is 36.0 Å². The molecule has 16 rings (SSSR count). The summed E-state index contributed by atoms with van der Waals surface area (Å²) in [5.74, 6) is 0. The van der Waals surface area contributed by atoms with Crippen LogP contribution in [0.2, 0.25) is 0 Å². The van der Waals surface area contributed by atoms with Gasteiger partial charge < -0.3 is 19.6 Å². The van der Waals surface area contributed by atoms with Gasteiger partial charge >= 0.3 is 0 Å². The van der Waals surface area contributed by atoms with Crippen LogP contribution in [0, 0.1) is 0 Å². The summed E-state index contributed by atoms with van der Waals surface area (Å²) >= 11 is 0. The fourth-order valence-corrected chi connectivity index (χ4v) is 17.6. The van der Waals surface area contributed by atoms with Crippen LogP contribution in [-0.4, -0.2) is 12.3 Å². The average molecular weight is 1160 g/mol. The lowest BCUT2D eigenvalue weighted by molar-refractivity contribution is 0.195. The molecule has 3 aliphatic heterocycles. The van der Waals surface area contributed by atoms with Crippen LogP contribution in [0.5, 0.6) is 0 Å². The highest BCUT2D eigenvalue weighted by atomic mass is 15.3. The number of anilines is 11. The van der Waals surface area contributed by atoms with E-state index in [1.807, 2.05) is 0 Å². The van der Waals surface area contributed by atoms with Crippen LogP contribution in [0.4, 0.5) is 62.6 Å². The SMILES string of the molecule is CC1(C)CCC(C)(C)c2cc(N3c4cc5c(cc4B4c6ccc(-c7ccccc7)cc6N(c6cccc(-c7ccccc7)c6)c6cc(N7c8ccc(N(c9ccccc9)c9ccccc9)cc8C8(C)CCCCC78C)cc3c64)C(C)(C)CCC5(C)C)ccc21. The van der Waals surface area contributed by atoms with Crippen molar-refractivity contribution in [3.8, 4) is 22.3 Å². The Kier molecular flexibility index (Phi) is 12.5. The van der Waals surface area contributed by atoms with E-state index in [1.54, 1.807) is 0 Å². The molecule has 0 spiro atoms. The van der Waals surface area contributed by atoms with E-state index < -0.39 is 0 Å². The van der Waals surface area contributed by atoms with Gasteiger partial charge in [-0.1, -0.05) is 209 Å². The van der Waals surface area contributed by atoms with Gasteiger partial charge in [0.1, 0.15) is 0 Å². The highest BCUT2D eigenvalue weighted by molar-refractivity contribution is 7.00. The van der Waals surface area contributed by atoms with Gasteiger partial charge in [-0.25, -0.2) is 0 Å². The van der Waals surface area contributed by atoms with E-state index in [4.69, 9.17) is 0 Å². The molecule has 2 unspecified atom stereocenters. The number of rotatable bonds is 8. The molecule has 0 bridgehead atoms. The molecule has 2 atom stereocenters. The maximum absolute atomic E-state index is 2.85. The molecular weight excluding hydrogens is 1080 g/mol. The number of hydrogen-bond acceptors (Lipinski definition) is 4. The molecule has 0 N–H and O–H groups in total. The zero-order valence-corrected chi connectivity index (χ0v) is 53.9. The summed E-state index contributed by atoms with van der Waals surface area (Å²) < 4.78 is 0. The van der Waals surface area contributed by atoms with E-state index in [2.05, 4.69) is 313 Å². The molecule has 0 radical (unpaired) electrons. The van der Waals surface area contributed by atoms with Crippen LogP contribution in [0.1, 0.15) is 148 Å². The van der Waals surface area contributed by atoms with Crippen molar-refractivity contribution in [3.05, 3.63) is 252 Å². The Morgan fingerprint density at radius 2 is 0.820 bits per heavy atom. The van der Waals surface area contributed by atoms with Crippen molar-refractivity contribution in [2.75, 3.05) is 19.6 Å². The summed E-state index contributed by atoms with van der Waals surface area (Å²) in [5.41, 5.74) is 29.5. The minimum atomic E-state index is -0.254. The number of fused-ring (bicyclic) bond motifs is 9. The second kappa shape index (κ2) is 20.0. The Morgan fingerprint density at radius 3 is 1.43 bits per heavy atom. The summed E-state index contributed by atoms with van der Waals surface area (Å²) in [6, 6.07) is 86.6. The average Bonchev–Trinajstić information content (AvgIpc) is 1.65. The van der Waals surface area contributed by atoms with E-state index in [1.165, 1.54) is 131 Å². The standard InChI is InChI=1S/C84H83BN4/c1-79(2)44-45-80(3,4)67-50-64(37-39-66(67)79)88-75-55-69-68(81(5,6)46-47-82(69,7)8)54-72(75)85-71-40-36-59(57-28-17-12-18-29-57)49-74(71)87(62-35-25-30-58(48-62)56-26-15-11-16-27-56)76-52-65(53-77(88)78(76)85)89-73-41-38-63(51-70(73)83(9)42-23-24-43-84(83,89)10)86(60-31-19-13-20-32-60)61-33-21-14-22-34-61/h11-22,25-41,48-55H,23-24,42-47H2,1-10H3. The molecule has 0 aromatic heterocycles. The molecule has 5 heteroatoms.